The lowest BCUT2D eigenvalue weighted by molar-refractivity contribution is -0.153. The zero-order valence-corrected chi connectivity index (χ0v) is 13.7. The van der Waals surface area contributed by atoms with Gasteiger partial charge in [-0.05, 0) is 20.8 Å². The Labute approximate surface area is 136 Å². The maximum atomic E-state index is 10.8. The molecule has 0 aromatic rings. The predicted molar refractivity (Wildman–Crippen MR) is 85.4 cm³/mol. The number of hydrogen-bond donors (Lipinski definition) is 0. The first-order chi connectivity index (χ1) is 10.8. The zero-order chi connectivity index (χ0) is 17.8. The van der Waals surface area contributed by atoms with Crippen LogP contribution in [0.15, 0.2) is 48.6 Å². The zero-order valence-electron chi connectivity index (χ0n) is 13.7. The highest BCUT2D eigenvalue weighted by atomic mass is 16.6. The van der Waals surface area contributed by atoms with Gasteiger partial charge in [-0.2, -0.15) is 0 Å². The summed E-state index contributed by atoms with van der Waals surface area (Å²) in [5, 5.41) is 0. The van der Waals surface area contributed by atoms with Crippen LogP contribution >= 0.6 is 0 Å². The topological polar surface area (TPSA) is 82.2 Å². The molecule has 6 heteroatoms. The average molecular weight is 322 g/mol. The van der Waals surface area contributed by atoms with Crippen LogP contribution in [0, 0.1) is 0 Å². The molecule has 126 valence electrons. The summed E-state index contributed by atoms with van der Waals surface area (Å²) in [6.07, 6.45) is 6.22. The number of hydrogen-bond acceptors (Lipinski definition) is 6. The molecule has 23 heavy (non-hydrogen) atoms. The van der Waals surface area contributed by atoms with Gasteiger partial charge in [-0.25, -0.2) is 14.4 Å². The SMILES string of the molecule is C=C(C)C(=O)OC(=O)C=CC=CC.C=C(C)C(=O)OCC1CO1. The quantitative estimate of drug-likeness (QED) is 0.245. The van der Waals surface area contributed by atoms with Gasteiger partial charge in [0, 0.05) is 17.2 Å². The third-order valence-corrected chi connectivity index (χ3v) is 2.23. The van der Waals surface area contributed by atoms with E-state index in [4.69, 9.17) is 9.47 Å². The summed E-state index contributed by atoms with van der Waals surface area (Å²) in [6, 6.07) is 0. The van der Waals surface area contributed by atoms with Gasteiger partial charge in [-0.15, -0.1) is 0 Å². The van der Waals surface area contributed by atoms with Crippen LogP contribution in [0.4, 0.5) is 0 Å². The van der Waals surface area contributed by atoms with Crippen molar-refractivity contribution in [3.63, 3.8) is 0 Å². The van der Waals surface area contributed by atoms with Crippen LogP contribution in [-0.2, 0) is 28.6 Å². The normalized spacial score (nSPS) is 15.5. The minimum Gasteiger partial charge on any atom is -0.459 e. The summed E-state index contributed by atoms with van der Waals surface area (Å²) in [5.74, 6) is -1.73. The fourth-order valence-corrected chi connectivity index (χ4v) is 0.914. The molecule has 0 amide bonds. The Morgan fingerprint density at radius 2 is 1.70 bits per heavy atom. The fourth-order valence-electron chi connectivity index (χ4n) is 0.914. The molecule has 0 aromatic carbocycles. The lowest BCUT2D eigenvalue weighted by atomic mass is 10.4. The largest absolute Gasteiger partial charge is 0.459 e. The van der Waals surface area contributed by atoms with E-state index in [0.29, 0.717) is 18.8 Å². The van der Waals surface area contributed by atoms with Crippen molar-refractivity contribution in [3.8, 4) is 0 Å². The molecule has 1 atom stereocenters. The van der Waals surface area contributed by atoms with Crippen LogP contribution in [0.25, 0.3) is 0 Å². The van der Waals surface area contributed by atoms with Crippen LogP contribution in [0.5, 0.6) is 0 Å². The summed E-state index contributed by atoms with van der Waals surface area (Å²) in [7, 11) is 0. The number of carbonyl (C=O) groups excluding carboxylic acids is 3. The van der Waals surface area contributed by atoms with E-state index in [2.05, 4.69) is 17.9 Å². The standard InChI is InChI=1S/C10H12O3.C7H10O3/c1-4-5-6-7-9(11)13-10(12)8(2)3;1-5(2)7(8)10-4-6-3-9-6/h4-7H,2H2,1,3H3;6H,1,3-4H2,2H3. The molecule has 0 saturated carbocycles. The van der Waals surface area contributed by atoms with Crippen molar-refractivity contribution in [2.45, 2.75) is 26.9 Å². The Kier molecular flexibility index (Phi) is 9.95. The van der Waals surface area contributed by atoms with Gasteiger partial charge in [-0.3, -0.25) is 0 Å². The van der Waals surface area contributed by atoms with E-state index in [1.807, 2.05) is 6.92 Å². The van der Waals surface area contributed by atoms with E-state index in [-0.39, 0.29) is 17.6 Å². The summed E-state index contributed by atoms with van der Waals surface area (Å²) in [6.45, 7) is 12.8. The Hall–Kier alpha value is -2.47. The van der Waals surface area contributed by atoms with Gasteiger partial charge in [-0.1, -0.05) is 31.4 Å². The Morgan fingerprint density at radius 3 is 2.13 bits per heavy atom. The molecule has 0 bridgehead atoms. The molecule has 1 unspecified atom stereocenters. The van der Waals surface area contributed by atoms with Gasteiger partial charge >= 0.3 is 17.9 Å². The van der Waals surface area contributed by atoms with Crippen molar-refractivity contribution >= 4 is 17.9 Å². The van der Waals surface area contributed by atoms with Crippen molar-refractivity contribution in [1.29, 1.82) is 0 Å². The number of epoxide rings is 1. The second kappa shape index (κ2) is 11.1. The Balaban J connectivity index is 0.000000433. The van der Waals surface area contributed by atoms with Crippen molar-refractivity contribution in [2.24, 2.45) is 0 Å². The van der Waals surface area contributed by atoms with Crippen molar-refractivity contribution in [2.75, 3.05) is 13.2 Å². The molecule has 1 aliphatic rings. The third-order valence-electron chi connectivity index (χ3n) is 2.23. The van der Waals surface area contributed by atoms with E-state index in [9.17, 15) is 14.4 Å². The Morgan fingerprint density at radius 1 is 1.13 bits per heavy atom. The van der Waals surface area contributed by atoms with Gasteiger partial charge in [0.15, 0.2) is 0 Å². The summed E-state index contributed by atoms with van der Waals surface area (Å²) in [4.78, 5) is 32.3. The number of ether oxygens (including phenoxy) is 3. The van der Waals surface area contributed by atoms with E-state index >= 15 is 0 Å². The summed E-state index contributed by atoms with van der Waals surface area (Å²) >= 11 is 0. The van der Waals surface area contributed by atoms with Crippen molar-refractivity contribution in [3.05, 3.63) is 48.6 Å². The molecule has 0 radical (unpaired) electrons. The highest BCUT2D eigenvalue weighted by Crippen LogP contribution is 2.09. The van der Waals surface area contributed by atoms with Crippen molar-refractivity contribution < 1.29 is 28.6 Å². The smallest absolute Gasteiger partial charge is 0.340 e. The second-order valence-electron chi connectivity index (χ2n) is 4.71. The van der Waals surface area contributed by atoms with Crippen LogP contribution in [0.2, 0.25) is 0 Å². The maximum Gasteiger partial charge on any atom is 0.340 e. The van der Waals surface area contributed by atoms with E-state index in [1.54, 1.807) is 19.1 Å². The van der Waals surface area contributed by atoms with E-state index in [1.165, 1.54) is 19.1 Å². The average Bonchev–Trinajstić information content (AvgIpc) is 3.29. The first-order valence-corrected chi connectivity index (χ1v) is 6.93. The highest BCUT2D eigenvalue weighted by Gasteiger charge is 2.24. The highest BCUT2D eigenvalue weighted by molar-refractivity contribution is 5.98. The summed E-state index contributed by atoms with van der Waals surface area (Å²) < 4.78 is 14.0. The Bertz CT molecular complexity index is 523. The molecule has 0 spiro atoms. The maximum absolute atomic E-state index is 10.8. The predicted octanol–water partition coefficient (Wildman–Crippen LogP) is 2.27. The second-order valence-corrected chi connectivity index (χ2v) is 4.71. The molecule has 0 aromatic heterocycles. The third kappa shape index (κ3) is 11.8. The van der Waals surface area contributed by atoms with Crippen LogP contribution in [-0.4, -0.2) is 37.2 Å². The molecule has 1 saturated heterocycles. The molecule has 1 heterocycles. The summed E-state index contributed by atoms with van der Waals surface area (Å²) in [5.41, 5.74) is 0.633. The molecular weight excluding hydrogens is 300 g/mol. The van der Waals surface area contributed by atoms with Crippen molar-refractivity contribution in [1.82, 2.24) is 0 Å². The minimum absolute atomic E-state index is 0.142. The lowest BCUT2D eigenvalue weighted by Gasteiger charge is -1.99. The number of allylic oxidation sites excluding steroid dienone is 3. The van der Waals surface area contributed by atoms with Crippen LogP contribution in [0.1, 0.15) is 20.8 Å². The van der Waals surface area contributed by atoms with Crippen LogP contribution < -0.4 is 0 Å². The molecular formula is C17H22O6. The molecule has 6 nitrogen and oxygen atoms in total. The first-order valence-electron chi connectivity index (χ1n) is 6.93. The van der Waals surface area contributed by atoms with Gasteiger partial charge in [0.25, 0.3) is 0 Å². The molecule has 1 fully saturated rings. The molecule has 0 aliphatic carbocycles. The lowest BCUT2D eigenvalue weighted by Crippen LogP contribution is -2.09. The van der Waals surface area contributed by atoms with Crippen LogP contribution in [0.3, 0.4) is 0 Å². The van der Waals surface area contributed by atoms with E-state index < -0.39 is 11.9 Å². The number of rotatable bonds is 6. The molecule has 0 N–H and O–H groups in total. The molecule has 1 aliphatic heterocycles. The number of carbonyl (C=O) groups is 3. The molecule has 1 rings (SSSR count). The first kappa shape index (κ1) is 20.5. The van der Waals surface area contributed by atoms with Gasteiger partial charge in [0.05, 0.1) is 6.61 Å². The monoisotopic (exact) mass is 322 g/mol. The van der Waals surface area contributed by atoms with Gasteiger partial charge in [0.2, 0.25) is 0 Å². The minimum atomic E-state index is -0.699. The fraction of sp³-hybridized carbons (Fsp3) is 0.353. The van der Waals surface area contributed by atoms with Gasteiger partial charge in [0.1, 0.15) is 12.7 Å². The number of esters is 3. The van der Waals surface area contributed by atoms with Gasteiger partial charge < -0.3 is 14.2 Å². The van der Waals surface area contributed by atoms with E-state index in [0.717, 1.165) is 0 Å².